The lowest BCUT2D eigenvalue weighted by Crippen LogP contribution is -2.38. The number of likely N-dealkylation sites (tertiary alicyclic amines) is 1. The topological polar surface area (TPSA) is 49.8 Å². The van der Waals surface area contributed by atoms with E-state index in [-0.39, 0.29) is 12.4 Å². The summed E-state index contributed by atoms with van der Waals surface area (Å²) >= 11 is 0. The molecule has 4 nitrogen and oxygen atoms in total. The maximum Gasteiger partial charge on any atom is 0.189 e. The summed E-state index contributed by atoms with van der Waals surface area (Å²) in [5.74, 6) is 0.401. The lowest BCUT2D eigenvalue weighted by molar-refractivity contribution is 0.0612. The Morgan fingerprint density at radius 2 is 1.74 bits per heavy atom. The lowest BCUT2D eigenvalue weighted by Gasteiger charge is -2.28. The Kier molecular flexibility index (Phi) is 7.19. The van der Waals surface area contributed by atoms with Crippen LogP contribution in [0.5, 0.6) is 5.75 Å². The van der Waals surface area contributed by atoms with Crippen molar-refractivity contribution in [2.75, 3.05) is 26.2 Å². The zero-order chi connectivity index (χ0) is 18.9. The van der Waals surface area contributed by atoms with Gasteiger partial charge in [-0.3, -0.25) is 4.79 Å². The third-order valence-electron chi connectivity index (χ3n) is 4.73. The number of carbonyl (C=O) groups excluding carboxylic acids is 1. The van der Waals surface area contributed by atoms with Crippen molar-refractivity contribution in [1.29, 1.82) is 0 Å². The zero-order valence-electron chi connectivity index (χ0n) is 15.6. The Balaban J connectivity index is 1.58. The third-order valence-corrected chi connectivity index (χ3v) is 4.73. The highest BCUT2D eigenvalue weighted by atomic mass is 16.5. The van der Waals surface area contributed by atoms with Gasteiger partial charge < -0.3 is 14.7 Å². The van der Waals surface area contributed by atoms with Crippen LogP contribution in [0, 0.1) is 0 Å². The second-order valence-electron chi connectivity index (χ2n) is 6.93. The number of aliphatic hydroxyl groups excluding tert-OH is 1. The number of nitrogens with zero attached hydrogens (tertiary/aromatic N) is 1. The van der Waals surface area contributed by atoms with Crippen molar-refractivity contribution in [2.24, 2.45) is 0 Å². The monoisotopic (exact) mass is 365 g/mol. The van der Waals surface area contributed by atoms with E-state index in [1.807, 2.05) is 42.5 Å². The molecule has 1 N–H and O–H groups in total. The molecular formula is C23H27NO3. The summed E-state index contributed by atoms with van der Waals surface area (Å²) < 4.78 is 5.78. The average Bonchev–Trinajstić information content (AvgIpc) is 2.72. The molecule has 4 heteroatoms. The first kappa shape index (κ1) is 19.3. The molecule has 1 aliphatic heterocycles. The van der Waals surface area contributed by atoms with Gasteiger partial charge in [0.15, 0.2) is 5.78 Å². The number of carbonyl (C=O) groups is 1. The van der Waals surface area contributed by atoms with Gasteiger partial charge in [-0.1, -0.05) is 55.0 Å². The molecule has 1 heterocycles. The quantitative estimate of drug-likeness (QED) is 0.571. The number of para-hydroxylation sites is 1. The van der Waals surface area contributed by atoms with Crippen molar-refractivity contribution in [3.63, 3.8) is 0 Å². The number of hydrogen-bond acceptors (Lipinski definition) is 4. The Bertz CT molecular complexity index is 751. The fourth-order valence-corrected chi connectivity index (χ4v) is 3.30. The summed E-state index contributed by atoms with van der Waals surface area (Å²) in [7, 11) is 0. The molecule has 0 unspecified atom stereocenters. The van der Waals surface area contributed by atoms with Crippen LogP contribution in [0.2, 0.25) is 0 Å². The molecule has 0 bridgehead atoms. The highest BCUT2D eigenvalue weighted by molar-refractivity contribution is 6.08. The first-order valence-corrected chi connectivity index (χ1v) is 9.62. The van der Waals surface area contributed by atoms with Crippen LogP contribution in [0.4, 0.5) is 0 Å². The van der Waals surface area contributed by atoms with Crippen molar-refractivity contribution >= 4 is 11.9 Å². The van der Waals surface area contributed by atoms with Gasteiger partial charge >= 0.3 is 0 Å². The first-order chi connectivity index (χ1) is 13.2. The van der Waals surface area contributed by atoms with Gasteiger partial charge in [-0.25, -0.2) is 0 Å². The van der Waals surface area contributed by atoms with Crippen molar-refractivity contribution in [3.8, 4) is 5.75 Å². The van der Waals surface area contributed by atoms with E-state index in [9.17, 15) is 9.90 Å². The molecule has 0 amide bonds. The fraction of sp³-hybridized carbons (Fsp3) is 0.348. The van der Waals surface area contributed by atoms with E-state index in [1.54, 1.807) is 24.3 Å². The Hall–Kier alpha value is -2.43. The SMILES string of the molecule is O=C(/C=C/c1ccccc1)c1ccccc1OC[C@H](O)CN1CCCCC1. The summed E-state index contributed by atoms with van der Waals surface area (Å²) in [5, 5.41) is 10.3. The molecule has 0 aromatic heterocycles. The molecule has 3 rings (SSSR count). The van der Waals surface area contributed by atoms with E-state index in [0.717, 1.165) is 18.7 Å². The smallest absolute Gasteiger partial charge is 0.189 e. The van der Waals surface area contributed by atoms with Gasteiger partial charge in [0, 0.05) is 6.54 Å². The van der Waals surface area contributed by atoms with Crippen LogP contribution in [0.15, 0.2) is 60.7 Å². The Labute approximate surface area is 161 Å². The van der Waals surface area contributed by atoms with E-state index in [4.69, 9.17) is 4.74 Å². The standard InChI is InChI=1S/C23H27NO3/c25-20(17-24-15-7-2-8-16-24)18-27-23-12-6-5-11-21(23)22(26)14-13-19-9-3-1-4-10-19/h1,3-6,9-14,20,25H,2,7-8,15-18H2/b14-13+/t20-/m1/s1. The van der Waals surface area contributed by atoms with E-state index >= 15 is 0 Å². The van der Waals surface area contributed by atoms with Crippen LogP contribution in [0.3, 0.4) is 0 Å². The van der Waals surface area contributed by atoms with Gasteiger partial charge in [-0.2, -0.15) is 0 Å². The van der Waals surface area contributed by atoms with Crippen LogP contribution in [0.1, 0.15) is 35.2 Å². The van der Waals surface area contributed by atoms with Crippen LogP contribution in [-0.4, -0.2) is 48.1 Å². The molecule has 0 radical (unpaired) electrons. The summed E-state index contributed by atoms with van der Waals surface area (Å²) in [6, 6.07) is 16.9. The molecular weight excluding hydrogens is 338 g/mol. The molecule has 2 aromatic carbocycles. The van der Waals surface area contributed by atoms with Crippen LogP contribution >= 0.6 is 0 Å². The van der Waals surface area contributed by atoms with E-state index in [1.165, 1.54) is 19.3 Å². The molecule has 1 atom stereocenters. The highest BCUT2D eigenvalue weighted by Crippen LogP contribution is 2.20. The Morgan fingerprint density at radius 3 is 2.52 bits per heavy atom. The van der Waals surface area contributed by atoms with Gasteiger partial charge in [0.1, 0.15) is 18.5 Å². The van der Waals surface area contributed by atoms with Crippen LogP contribution in [0.25, 0.3) is 6.08 Å². The molecule has 1 saturated heterocycles. The van der Waals surface area contributed by atoms with Gasteiger partial charge in [-0.15, -0.1) is 0 Å². The number of rotatable bonds is 8. The molecule has 1 fully saturated rings. The van der Waals surface area contributed by atoms with E-state index in [2.05, 4.69) is 4.90 Å². The first-order valence-electron chi connectivity index (χ1n) is 9.62. The number of aliphatic hydroxyl groups is 1. The Morgan fingerprint density at radius 1 is 1.04 bits per heavy atom. The van der Waals surface area contributed by atoms with E-state index in [0.29, 0.717) is 17.9 Å². The minimum Gasteiger partial charge on any atom is -0.490 e. The predicted molar refractivity (Wildman–Crippen MR) is 108 cm³/mol. The highest BCUT2D eigenvalue weighted by Gasteiger charge is 2.16. The summed E-state index contributed by atoms with van der Waals surface area (Å²) in [6.45, 7) is 2.88. The zero-order valence-corrected chi connectivity index (χ0v) is 15.6. The number of hydrogen-bond donors (Lipinski definition) is 1. The number of ether oxygens (including phenoxy) is 1. The number of benzene rings is 2. The molecule has 142 valence electrons. The van der Waals surface area contributed by atoms with Crippen molar-refractivity contribution in [3.05, 3.63) is 71.8 Å². The lowest BCUT2D eigenvalue weighted by atomic mass is 10.1. The third kappa shape index (κ3) is 6.05. The van der Waals surface area contributed by atoms with Gasteiger partial charge in [0.2, 0.25) is 0 Å². The minimum atomic E-state index is -0.564. The van der Waals surface area contributed by atoms with Gasteiger partial charge in [-0.05, 0) is 49.7 Å². The largest absolute Gasteiger partial charge is 0.490 e. The molecule has 1 aliphatic rings. The molecule has 0 spiro atoms. The molecule has 0 saturated carbocycles. The maximum absolute atomic E-state index is 12.6. The van der Waals surface area contributed by atoms with Crippen molar-refractivity contribution in [1.82, 2.24) is 4.90 Å². The van der Waals surface area contributed by atoms with E-state index < -0.39 is 6.10 Å². The van der Waals surface area contributed by atoms with Crippen molar-refractivity contribution in [2.45, 2.75) is 25.4 Å². The summed E-state index contributed by atoms with van der Waals surface area (Å²) in [5.41, 5.74) is 1.48. The average molecular weight is 365 g/mol. The predicted octanol–water partition coefficient (Wildman–Crippen LogP) is 3.81. The molecule has 0 aliphatic carbocycles. The normalized spacial score (nSPS) is 16.3. The summed E-state index contributed by atoms with van der Waals surface area (Å²) in [4.78, 5) is 14.8. The second-order valence-corrected chi connectivity index (χ2v) is 6.93. The number of ketones is 1. The number of allylic oxidation sites excluding steroid dienone is 1. The van der Waals surface area contributed by atoms with Gasteiger partial charge in [0.05, 0.1) is 5.56 Å². The van der Waals surface area contributed by atoms with Crippen LogP contribution < -0.4 is 4.74 Å². The minimum absolute atomic E-state index is 0.111. The summed E-state index contributed by atoms with van der Waals surface area (Å²) in [6.07, 6.45) is 6.45. The molecule has 27 heavy (non-hydrogen) atoms. The number of piperidine rings is 1. The molecule has 2 aromatic rings. The number of β-amino-alcohol motifs (C(OH)–C–C–N with tert-alkyl or cyclic N) is 1. The maximum atomic E-state index is 12.6. The van der Waals surface area contributed by atoms with Gasteiger partial charge in [0.25, 0.3) is 0 Å². The van der Waals surface area contributed by atoms with Crippen LogP contribution in [-0.2, 0) is 0 Å². The second kappa shape index (κ2) is 10.0. The fourth-order valence-electron chi connectivity index (χ4n) is 3.30. The van der Waals surface area contributed by atoms with Crippen molar-refractivity contribution < 1.29 is 14.6 Å².